The van der Waals surface area contributed by atoms with Gasteiger partial charge in [-0.3, -0.25) is 4.79 Å². The van der Waals surface area contributed by atoms with E-state index in [1.165, 1.54) is 18.2 Å². The van der Waals surface area contributed by atoms with Gasteiger partial charge in [0.05, 0.1) is 10.5 Å². The van der Waals surface area contributed by atoms with Gasteiger partial charge >= 0.3 is 0 Å². The fraction of sp³-hybridized carbons (Fsp3) is 0.0667. The van der Waals surface area contributed by atoms with Crippen molar-refractivity contribution in [2.24, 2.45) is 0 Å². The number of hydrogen-bond acceptors (Lipinski definition) is 2. The van der Waals surface area contributed by atoms with Gasteiger partial charge in [0.1, 0.15) is 17.6 Å². The Hall–Kier alpha value is -1.77. The molecular weight excluding hydrogens is 364 g/mol. The van der Waals surface area contributed by atoms with Crippen molar-refractivity contribution in [2.75, 3.05) is 0 Å². The summed E-state index contributed by atoms with van der Waals surface area (Å²) in [5, 5.41) is 9.18. The Kier molecular flexibility index (Phi) is 4.71. The summed E-state index contributed by atoms with van der Waals surface area (Å²) in [5.74, 6) is -3.00. The first-order chi connectivity index (χ1) is 9.93. The van der Waals surface area contributed by atoms with Crippen LogP contribution >= 0.6 is 27.5 Å². The van der Waals surface area contributed by atoms with Crippen LogP contribution in [0.15, 0.2) is 40.9 Å². The van der Waals surface area contributed by atoms with Crippen molar-refractivity contribution in [3.63, 3.8) is 0 Å². The van der Waals surface area contributed by atoms with E-state index in [1.807, 2.05) is 6.07 Å². The highest BCUT2D eigenvalue weighted by molar-refractivity contribution is 9.10. The van der Waals surface area contributed by atoms with Crippen molar-refractivity contribution in [1.82, 2.24) is 0 Å². The van der Waals surface area contributed by atoms with Crippen LogP contribution in [-0.2, 0) is 0 Å². The van der Waals surface area contributed by atoms with Gasteiger partial charge in [-0.1, -0.05) is 23.7 Å². The van der Waals surface area contributed by atoms with Crippen LogP contribution in [0.2, 0.25) is 5.02 Å². The molecule has 106 valence electrons. The molecule has 0 aromatic heterocycles. The SMILES string of the molecule is N#CC(C(=O)c1ccc(Br)c(F)c1)c1ccc(F)cc1Cl. The summed E-state index contributed by atoms with van der Waals surface area (Å²) in [7, 11) is 0. The molecule has 0 aliphatic rings. The summed E-state index contributed by atoms with van der Waals surface area (Å²) in [6, 6.07) is 9.05. The summed E-state index contributed by atoms with van der Waals surface area (Å²) in [5.41, 5.74) is 0.233. The molecule has 2 aromatic rings. The number of halogens is 4. The van der Waals surface area contributed by atoms with E-state index < -0.39 is 23.3 Å². The molecule has 0 saturated carbocycles. The number of Topliss-reactive ketones (excluding diaryl/α,β-unsaturated/α-hetero) is 1. The highest BCUT2D eigenvalue weighted by atomic mass is 79.9. The van der Waals surface area contributed by atoms with Gasteiger partial charge in [-0.2, -0.15) is 5.26 Å². The van der Waals surface area contributed by atoms with Gasteiger partial charge in [0.25, 0.3) is 0 Å². The molecule has 6 heteroatoms. The topological polar surface area (TPSA) is 40.9 Å². The van der Waals surface area contributed by atoms with Gasteiger partial charge in [0.15, 0.2) is 5.78 Å². The summed E-state index contributed by atoms with van der Waals surface area (Å²) in [4.78, 5) is 12.3. The molecule has 0 amide bonds. The zero-order valence-corrected chi connectivity index (χ0v) is 12.8. The third-order valence-corrected chi connectivity index (χ3v) is 3.84. The first-order valence-corrected chi connectivity index (χ1v) is 6.95. The second kappa shape index (κ2) is 6.33. The van der Waals surface area contributed by atoms with Crippen LogP contribution in [0.1, 0.15) is 21.8 Å². The standard InChI is InChI=1S/C15H7BrClF2NO/c16-12-4-1-8(5-14(12)19)15(21)11(7-20)10-3-2-9(18)6-13(10)17/h1-6,11H. The quantitative estimate of drug-likeness (QED) is 0.723. The first kappa shape index (κ1) is 15.6. The first-order valence-electron chi connectivity index (χ1n) is 5.78. The lowest BCUT2D eigenvalue weighted by atomic mass is 9.92. The van der Waals surface area contributed by atoms with Crippen LogP contribution in [0.5, 0.6) is 0 Å². The van der Waals surface area contributed by atoms with Crippen LogP contribution in [0, 0.1) is 23.0 Å². The molecule has 0 fully saturated rings. The van der Waals surface area contributed by atoms with E-state index in [-0.39, 0.29) is 20.6 Å². The molecule has 21 heavy (non-hydrogen) atoms. The van der Waals surface area contributed by atoms with Crippen LogP contribution in [0.25, 0.3) is 0 Å². The monoisotopic (exact) mass is 369 g/mol. The number of ketones is 1. The largest absolute Gasteiger partial charge is 0.292 e. The lowest BCUT2D eigenvalue weighted by molar-refractivity contribution is 0.0978. The van der Waals surface area contributed by atoms with E-state index in [4.69, 9.17) is 11.6 Å². The molecule has 2 aromatic carbocycles. The molecule has 0 heterocycles. The highest BCUT2D eigenvalue weighted by Crippen LogP contribution is 2.29. The fourth-order valence-corrected chi connectivity index (χ4v) is 2.34. The Balaban J connectivity index is 2.43. The summed E-state index contributed by atoms with van der Waals surface area (Å²) < 4.78 is 26.7. The predicted molar refractivity (Wildman–Crippen MR) is 78.2 cm³/mol. The van der Waals surface area contributed by atoms with Crippen LogP contribution in [-0.4, -0.2) is 5.78 Å². The van der Waals surface area contributed by atoms with E-state index in [1.54, 1.807) is 0 Å². The van der Waals surface area contributed by atoms with Gasteiger partial charge in [-0.25, -0.2) is 8.78 Å². The molecular formula is C15H7BrClF2NO. The van der Waals surface area contributed by atoms with Crippen LogP contribution in [0.3, 0.4) is 0 Å². The third kappa shape index (κ3) is 3.29. The molecule has 0 aliphatic carbocycles. The van der Waals surface area contributed by atoms with Crippen molar-refractivity contribution in [3.8, 4) is 6.07 Å². The molecule has 0 N–H and O–H groups in total. The van der Waals surface area contributed by atoms with E-state index in [9.17, 15) is 18.8 Å². The lowest BCUT2D eigenvalue weighted by Gasteiger charge is -2.11. The van der Waals surface area contributed by atoms with Gasteiger partial charge < -0.3 is 0 Å². The van der Waals surface area contributed by atoms with Gasteiger partial charge in [0.2, 0.25) is 0 Å². The Bertz CT molecular complexity index is 758. The third-order valence-electron chi connectivity index (χ3n) is 2.87. The normalized spacial score (nSPS) is 11.8. The van der Waals surface area contributed by atoms with E-state index in [0.717, 1.165) is 18.2 Å². The number of rotatable bonds is 3. The summed E-state index contributed by atoms with van der Waals surface area (Å²) in [6.07, 6.45) is 0. The highest BCUT2D eigenvalue weighted by Gasteiger charge is 2.24. The molecule has 0 spiro atoms. The van der Waals surface area contributed by atoms with Gasteiger partial charge in [-0.05, 0) is 45.8 Å². The molecule has 0 bridgehead atoms. The molecule has 0 aliphatic heterocycles. The van der Waals surface area contributed by atoms with Crippen LogP contribution in [0.4, 0.5) is 8.78 Å². The van der Waals surface area contributed by atoms with Crippen molar-refractivity contribution in [3.05, 3.63) is 68.7 Å². The minimum absolute atomic E-state index is 0.0208. The number of nitrogens with zero attached hydrogens (tertiary/aromatic N) is 1. The summed E-state index contributed by atoms with van der Waals surface area (Å²) >= 11 is 8.85. The molecule has 2 rings (SSSR count). The molecule has 2 nitrogen and oxygen atoms in total. The second-order valence-electron chi connectivity index (χ2n) is 4.22. The number of nitriles is 1. The van der Waals surface area contributed by atoms with E-state index >= 15 is 0 Å². The maximum absolute atomic E-state index is 13.5. The average molecular weight is 371 g/mol. The number of carbonyl (C=O) groups is 1. The number of benzene rings is 2. The van der Waals surface area contributed by atoms with E-state index in [2.05, 4.69) is 15.9 Å². The Morgan fingerprint density at radius 1 is 1.24 bits per heavy atom. The van der Waals surface area contributed by atoms with Crippen molar-refractivity contribution in [2.45, 2.75) is 5.92 Å². The van der Waals surface area contributed by atoms with Gasteiger partial charge in [0, 0.05) is 10.6 Å². The number of carbonyl (C=O) groups excluding carboxylic acids is 1. The average Bonchev–Trinajstić information content (AvgIpc) is 2.44. The molecule has 1 unspecified atom stereocenters. The zero-order valence-electron chi connectivity index (χ0n) is 10.4. The fourth-order valence-electron chi connectivity index (χ4n) is 1.82. The van der Waals surface area contributed by atoms with Gasteiger partial charge in [-0.15, -0.1) is 0 Å². The Morgan fingerprint density at radius 3 is 2.52 bits per heavy atom. The Morgan fingerprint density at radius 2 is 1.95 bits per heavy atom. The van der Waals surface area contributed by atoms with Crippen molar-refractivity contribution >= 4 is 33.3 Å². The maximum atomic E-state index is 13.5. The van der Waals surface area contributed by atoms with Crippen molar-refractivity contribution < 1.29 is 13.6 Å². The maximum Gasteiger partial charge on any atom is 0.184 e. The summed E-state index contributed by atoms with van der Waals surface area (Å²) in [6.45, 7) is 0. The smallest absolute Gasteiger partial charge is 0.184 e. The zero-order chi connectivity index (χ0) is 15.6. The Labute approximate surface area is 133 Å². The van der Waals surface area contributed by atoms with Crippen molar-refractivity contribution in [1.29, 1.82) is 5.26 Å². The molecule has 0 radical (unpaired) electrons. The lowest BCUT2D eigenvalue weighted by Crippen LogP contribution is -2.12. The molecule has 1 atom stereocenters. The minimum Gasteiger partial charge on any atom is -0.292 e. The van der Waals surface area contributed by atoms with Crippen LogP contribution < -0.4 is 0 Å². The number of hydrogen-bond donors (Lipinski definition) is 0. The minimum atomic E-state index is -1.22. The van der Waals surface area contributed by atoms with E-state index in [0.29, 0.717) is 0 Å². The second-order valence-corrected chi connectivity index (χ2v) is 5.48. The predicted octanol–water partition coefficient (Wildman–Crippen LogP) is 4.87. The molecule has 0 saturated heterocycles.